The Kier molecular flexibility index (Phi) is 7.54. The van der Waals surface area contributed by atoms with Crippen molar-refractivity contribution in [2.45, 2.75) is 58.9 Å². The number of hydrogen-bond acceptors (Lipinski definition) is 2. The minimum Gasteiger partial charge on any atom is -0.309 e. The molecular formula is C15H27NS. The Morgan fingerprint density at radius 1 is 1.24 bits per heavy atom. The Bertz CT molecular complexity index is 268. The Morgan fingerprint density at radius 2 is 2.06 bits per heavy atom. The minimum atomic E-state index is 0.561. The van der Waals surface area contributed by atoms with E-state index < -0.39 is 0 Å². The van der Waals surface area contributed by atoms with Crippen LogP contribution in [0.3, 0.4) is 0 Å². The minimum absolute atomic E-state index is 0.561. The molecule has 0 saturated carbocycles. The fourth-order valence-electron chi connectivity index (χ4n) is 2.19. The predicted octanol–water partition coefficient (Wildman–Crippen LogP) is 5.01. The summed E-state index contributed by atoms with van der Waals surface area (Å²) < 4.78 is 0. The first-order valence-electron chi connectivity index (χ1n) is 7.08. The van der Waals surface area contributed by atoms with Crippen LogP contribution in [0.1, 0.15) is 63.8 Å². The average molecular weight is 253 g/mol. The molecule has 0 aliphatic heterocycles. The fourth-order valence-corrected chi connectivity index (χ4v) is 3.07. The molecule has 0 amide bonds. The number of rotatable bonds is 9. The van der Waals surface area contributed by atoms with Gasteiger partial charge in [-0.25, -0.2) is 0 Å². The summed E-state index contributed by atoms with van der Waals surface area (Å²) in [5.41, 5.74) is 0. The summed E-state index contributed by atoms with van der Waals surface area (Å²) in [5, 5.41) is 5.92. The van der Waals surface area contributed by atoms with E-state index in [2.05, 4.69) is 43.6 Å². The second kappa shape index (κ2) is 8.71. The lowest BCUT2D eigenvalue weighted by Gasteiger charge is -2.20. The number of unbranched alkanes of at least 4 members (excludes halogenated alkanes) is 1. The SMILES string of the molecule is CCCCC(CC)CNC(CC)c1cccs1. The molecule has 2 atom stereocenters. The molecule has 1 rings (SSSR count). The van der Waals surface area contributed by atoms with Crippen LogP contribution in [-0.2, 0) is 0 Å². The zero-order chi connectivity index (χ0) is 12.5. The van der Waals surface area contributed by atoms with Crippen LogP contribution in [-0.4, -0.2) is 6.54 Å². The van der Waals surface area contributed by atoms with Crippen LogP contribution >= 0.6 is 11.3 Å². The van der Waals surface area contributed by atoms with E-state index in [0.717, 1.165) is 5.92 Å². The first-order valence-corrected chi connectivity index (χ1v) is 7.96. The van der Waals surface area contributed by atoms with Crippen molar-refractivity contribution in [2.24, 2.45) is 5.92 Å². The summed E-state index contributed by atoms with van der Waals surface area (Å²) in [5.74, 6) is 0.851. The monoisotopic (exact) mass is 253 g/mol. The van der Waals surface area contributed by atoms with E-state index in [1.807, 2.05) is 11.3 Å². The normalized spacial score (nSPS) is 14.8. The van der Waals surface area contributed by atoms with Gasteiger partial charge in [0, 0.05) is 10.9 Å². The smallest absolute Gasteiger partial charge is 0.0412 e. The first-order chi connectivity index (χ1) is 8.31. The molecule has 2 unspecified atom stereocenters. The summed E-state index contributed by atoms with van der Waals surface area (Å²) in [6.45, 7) is 8.03. The van der Waals surface area contributed by atoms with Gasteiger partial charge < -0.3 is 5.32 Å². The van der Waals surface area contributed by atoms with Gasteiger partial charge in [0.05, 0.1) is 0 Å². The quantitative estimate of drug-likeness (QED) is 0.652. The van der Waals surface area contributed by atoms with Gasteiger partial charge in [-0.05, 0) is 36.8 Å². The highest BCUT2D eigenvalue weighted by Gasteiger charge is 2.12. The van der Waals surface area contributed by atoms with Gasteiger partial charge in [-0.1, -0.05) is 46.1 Å². The van der Waals surface area contributed by atoms with Crippen molar-refractivity contribution in [3.8, 4) is 0 Å². The lowest BCUT2D eigenvalue weighted by molar-refractivity contribution is 0.388. The van der Waals surface area contributed by atoms with Gasteiger partial charge in [0.1, 0.15) is 0 Å². The van der Waals surface area contributed by atoms with Crippen LogP contribution in [0.15, 0.2) is 17.5 Å². The van der Waals surface area contributed by atoms with Gasteiger partial charge >= 0.3 is 0 Å². The summed E-state index contributed by atoms with van der Waals surface area (Å²) in [4.78, 5) is 1.48. The highest BCUT2D eigenvalue weighted by Crippen LogP contribution is 2.22. The van der Waals surface area contributed by atoms with E-state index >= 15 is 0 Å². The van der Waals surface area contributed by atoms with Gasteiger partial charge in [-0.15, -0.1) is 11.3 Å². The Labute approximate surface area is 111 Å². The summed E-state index contributed by atoms with van der Waals surface area (Å²) >= 11 is 1.87. The van der Waals surface area contributed by atoms with Gasteiger partial charge in [-0.3, -0.25) is 0 Å². The molecule has 1 N–H and O–H groups in total. The van der Waals surface area contributed by atoms with Crippen molar-refractivity contribution in [1.29, 1.82) is 0 Å². The molecule has 17 heavy (non-hydrogen) atoms. The molecule has 0 saturated heterocycles. The second-order valence-electron chi connectivity index (χ2n) is 4.80. The van der Waals surface area contributed by atoms with Gasteiger partial charge in [0.15, 0.2) is 0 Å². The van der Waals surface area contributed by atoms with Gasteiger partial charge in [0.2, 0.25) is 0 Å². The maximum atomic E-state index is 3.74. The molecule has 0 radical (unpaired) electrons. The maximum Gasteiger partial charge on any atom is 0.0412 e. The fraction of sp³-hybridized carbons (Fsp3) is 0.733. The van der Waals surface area contributed by atoms with Crippen LogP contribution in [0.4, 0.5) is 0 Å². The highest BCUT2D eigenvalue weighted by atomic mass is 32.1. The van der Waals surface area contributed by atoms with E-state index in [0.29, 0.717) is 6.04 Å². The van der Waals surface area contributed by atoms with Crippen molar-refractivity contribution in [3.05, 3.63) is 22.4 Å². The lowest BCUT2D eigenvalue weighted by Crippen LogP contribution is -2.26. The number of thiophene rings is 1. The summed E-state index contributed by atoms with van der Waals surface area (Å²) in [6, 6.07) is 4.96. The molecule has 0 fully saturated rings. The van der Waals surface area contributed by atoms with Crippen molar-refractivity contribution >= 4 is 11.3 Å². The summed E-state index contributed by atoms with van der Waals surface area (Å²) in [6.07, 6.45) is 6.55. The Hall–Kier alpha value is -0.340. The second-order valence-corrected chi connectivity index (χ2v) is 5.78. The van der Waals surface area contributed by atoms with Crippen LogP contribution in [0.25, 0.3) is 0 Å². The summed E-state index contributed by atoms with van der Waals surface area (Å²) in [7, 11) is 0. The molecular weight excluding hydrogens is 226 g/mol. The molecule has 0 bridgehead atoms. The predicted molar refractivity (Wildman–Crippen MR) is 78.7 cm³/mol. The standard InChI is InChI=1S/C15H27NS/c1-4-7-9-13(5-2)12-16-14(6-3)15-10-8-11-17-15/h8,10-11,13-14,16H,4-7,9,12H2,1-3H3. The Balaban J connectivity index is 2.35. The zero-order valence-electron chi connectivity index (χ0n) is 11.5. The molecule has 0 aliphatic carbocycles. The largest absolute Gasteiger partial charge is 0.309 e. The molecule has 0 spiro atoms. The molecule has 0 aliphatic rings. The van der Waals surface area contributed by atoms with Crippen LogP contribution in [0, 0.1) is 5.92 Å². The van der Waals surface area contributed by atoms with Crippen molar-refractivity contribution < 1.29 is 0 Å². The van der Waals surface area contributed by atoms with E-state index in [-0.39, 0.29) is 0 Å². The molecule has 1 aromatic rings. The number of nitrogens with one attached hydrogen (secondary N) is 1. The van der Waals surface area contributed by atoms with Crippen LogP contribution in [0.2, 0.25) is 0 Å². The molecule has 98 valence electrons. The molecule has 1 aromatic heterocycles. The first kappa shape index (κ1) is 14.7. The van der Waals surface area contributed by atoms with E-state index in [1.165, 1.54) is 43.5 Å². The van der Waals surface area contributed by atoms with E-state index in [9.17, 15) is 0 Å². The molecule has 1 heterocycles. The third-order valence-corrected chi connectivity index (χ3v) is 4.48. The maximum absolute atomic E-state index is 3.74. The molecule has 2 heteroatoms. The van der Waals surface area contributed by atoms with Crippen LogP contribution in [0.5, 0.6) is 0 Å². The van der Waals surface area contributed by atoms with Crippen molar-refractivity contribution in [3.63, 3.8) is 0 Å². The lowest BCUT2D eigenvalue weighted by atomic mass is 9.99. The molecule has 1 nitrogen and oxygen atoms in total. The molecule has 0 aromatic carbocycles. The van der Waals surface area contributed by atoms with Crippen molar-refractivity contribution in [2.75, 3.05) is 6.54 Å². The third-order valence-electron chi connectivity index (χ3n) is 3.49. The van der Waals surface area contributed by atoms with Gasteiger partial charge in [-0.2, -0.15) is 0 Å². The number of hydrogen-bond donors (Lipinski definition) is 1. The van der Waals surface area contributed by atoms with Crippen LogP contribution < -0.4 is 5.32 Å². The van der Waals surface area contributed by atoms with Gasteiger partial charge in [0.25, 0.3) is 0 Å². The zero-order valence-corrected chi connectivity index (χ0v) is 12.4. The Morgan fingerprint density at radius 3 is 2.59 bits per heavy atom. The van der Waals surface area contributed by atoms with E-state index in [4.69, 9.17) is 0 Å². The van der Waals surface area contributed by atoms with Crippen molar-refractivity contribution in [1.82, 2.24) is 5.32 Å². The van der Waals surface area contributed by atoms with E-state index in [1.54, 1.807) is 0 Å². The highest BCUT2D eigenvalue weighted by molar-refractivity contribution is 7.10. The average Bonchev–Trinajstić information content (AvgIpc) is 2.87. The topological polar surface area (TPSA) is 12.0 Å². The third kappa shape index (κ3) is 5.22.